The highest BCUT2D eigenvalue weighted by Gasteiger charge is 2.13. The molecule has 0 bridgehead atoms. The van der Waals surface area contributed by atoms with Crippen LogP contribution in [0.15, 0.2) is 21.7 Å². The number of carbonyl (C=O) groups excluding carboxylic acids is 2. The van der Waals surface area contributed by atoms with E-state index < -0.39 is 11.8 Å². The van der Waals surface area contributed by atoms with Gasteiger partial charge < -0.3 is 14.8 Å². The van der Waals surface area contributed by atoms with Gasteiger partial charge in [-0.2, -0.15) is 5.10 Å². The molecule has 0 unspecified atom stereocenters. The van der Waals surface area contributed by atoms with Crippen LogP contribution in [0.4, 0.5) is 0 Å². The number of hydrazone groups is 1. The highest BCUT2D eigenvalue weighted by atomic mass is 79.9. The minimum atomic E-state index is -0.825. The molecule has 1 aromatic rings. The average molecular weight is 414 g/mol. The van der Waals surface area contributed by atoms with E-state index in [-0.39, 0.29) is 6.04 Å². The molecule has 0 fully saturated rings. The molecule has 0 saturated carbocycles. The zero-order valence-electron chi connectivity index (χ0n) is 14.9. The fourth-order valence-electron chi connectivity index (χ4n) is 1.78. The zero-order chi connectivity index (χ0) is 18.8. The quantitative estimate of drug-likeness (QED) is 0.389. The van der Waals surface area contributed by atoms with E-state index in [4.69, 9.17) is 9.47 Å². The SMILES string of the molecule is CCCOc1cc(Br)c(/C=N\NC(=O)C(=O)NC(C)C)cc1OCC. The van der Waals surface area contributed by atoms with Crippen LogP contribution >= 0.6 is 15.9 Å². The molecule has 138 valence electrons. The first-order valence-corrected chi connectivity index (χ1v) is 8.91. The number of amides is 2. The molecule has 0 radical (unpaired) electrons. The standard InChI is InChI=1S/C17H24BrN3O4/c1-5-7-25-15-9-13(18)12(8-14(15)24-6-2)10-19-21-17(23)16(22)20-11(3)4/h8-11H,5-7H2,1-4H3,(H,20,22)(H,21,23)/b19-10-. The lowest BCUT2D eigenvalue weighted by atomic mass is 10.2. The van der Waals surface area contributed by atoms with E-state index >= 15 is 0 Å². The first-order valence-electron chi connectivity index (χ1n) is 8.12. The second-order valence-electron chi connectivity index (χ2n) is 5.43. The molecule has 25 heavy (non-hydrogen) atoms. The minimum Gasteiger partial charge on any atom is -0.490 e. The van der Waals surface area contributed by atoms with Crippen LogP contribution in [0.1, 0.15) is 39.7 Å². The summed E-state index contributed by atoms with van der Waals surface area (Å²) < 4.78 is 12.0. The maximum atomic E-state index is 11.6. The monoisotopic (exact) mass is 413 g/mol. The van der Waals surface area contributed by atoms with Gasteiger partial charge in [0.25, 0.3) is 0 Å². The van der Waals surface area contributed by atoms with Crippen molar-refractivity contribution in [2.45, 2.75) is 40.2 Å². The van der Waals surface area contributed by atoms with Gasteiger partial charge in [0.15, 0.2) is 11.5 Å². The van der Waals surface area contributed by atoms with Gasteiger partial charge in [-0.3, -0.25) is 9.59 Å². The predicted molar refractivity (Wildman–Crippen MR) is 100 cm³/mol. The molecule has 7 nitrogen and oxygen atoms in total. The van der Waals surface area contributed by atoms with E-state index in [0.29, 0.717) is 30.3 Å². The summed E-state index contributed by atoms with van der Waals surface area (Å²) in [5.41, 5.74) is 2.87. The molecule has 8 heteroatoms. The Balaban J connectivity index is 2.85. The van der Waals surface area contributed by atoms with E-state index in [1.165, 1.54) is 6.21 Å². The average Bonchev–Trinajstić information content (AvgIpc) is 2.55. The van der Waals surface area contributed by atoms with E-state index in [0.717, 1.165) is 10.9 Å². The highest BCUT2D eigenvalue weighted by molar-refractivity contribution is 9.10. The Morgan fingerprint density at radius 3 is 2.48 bits per heavy atom. The van der Waals surface area contributed by atoms with Crippen molar-refractivity contribution in [1.29, 1.82) is 0 Å². The lowest BCUT2D eigenvalue weighted by molar-refractivity contribution is -0.139. The number of rotatable bonds is 8. The normalized spacial score (nSPS) is 10.8. The summed E-state index contributed by atoms with van der Waals surface area (Å²) >= 11 is 3.43. The van der Waals surface area contributed by atoms with Crippen molar-refractivity contribution in [2.24, 2.45) is 5.10 Å². The van der Waals surface area contributed by atoms with Crippen molar-refractivity contribution < 1.29 is 19.1 Å². The van der Waals surface area contributed by atoms with Gasteiger partial charge in [-0.1, -0.05) is 6.92 Å². The Bertz CT molecular complexity index is 633. The first kappa shape index (κ1) is 21.0. The van der Waals surface area contributed by atoms with E-state index in [9.17, 15) is 9.59 Å². The molecule has 0 aromatic heterocycles. The van der Waals surface area contributed by atoms with Gasteiger partial charge in [-0.25, -0.2) is 5.43 Å². The molecule has 2 amide bonds. The van der Waals surface area contributed by atoms with Gasteiger partial charge in [0, 0.05) is 16.1 Å². The van der Waals surface area contributed by atoms with Crippen molar-refractivity contribution in [2.75, 3.05) is 13.2 Å². The third-order valence-electron chi connectivity index (χ3n) is 2.82. The fraction of sp³-hybridized carbons (Fsp3) is 0.471. The van der Waals surface area contributed by atoms with Crippen molar-refractivity contribution in [1.82, 2.24) is 10.7 Å². The second-order valence-corrected chi connectivity index (χ2v) is 6.28. The maximum Gasteiger partial charge on any atom is 0.329 e. The first-order chi connectivity index (χ1) is 11.9. The summed E-state index contributed by atoms with van der Waals surface area (Å²) in [6.07, 6.45) is 2.31. The Morgan fingerprint density at radius 2 is 1.88 bits per heavy atom. The third kappa shape index (κ3) is 7.13. The smallest absolute Gasteiger partial charge is 0.329 e. The number of nitrogens with one attached hydrogen (secondary N) is 2. The minimum absolute atomic E-state index is 0.124. The summed E-state index contributed by atoms with van der Waals surface area (Å²) in [4.78, 5) is 23.1. The molecule has 0 spiro atoms. The van der Waals surface area contributed by atoms with Gasteiger partial charge in [0.1, 0.15) is 0 Å². The largest absolute Gasteiger partial charge is 0.490 e. The molecule has 0 atom stereocenters. The number of hydrogen-bond donors (Lipinski definition) is 2. The summed E-state index contributed by atoms with van der Waals surface area (Å²) in [6.45, 7) is 8.52. The van der Waals surface area contributed by atoms with Crippen LogP contribution in [0.25, 0.3) is 0 Å². The van der Waals surface area contributed by atoms with Crippen LogP contribution in [-0.2, 0) is 9.59 Å². The number of hydrogen-bond acceptors (Lipinski definition) is 5. The lowest BCUT2D eigenvalue weighted by Gasteiger charge is -2.13. The topological polar surface area (TPSA) is 89.0 Å². The van der Waals surface area contributed by atoms with Gasteiger partial charge in [-0.15, -0.1) is 0 Å². The van der Waals surface area contributed by atoms with Crippen LogP contribution in [0.3, 0.4) is 0 Å². The molecular weight excluding hydrogens is 390 g/mol. The molecule has 0 aliphatic rings. The Morgan fingerprint density at radius 1 is 1.20 bits per heavy atom. The summed E-state index contributed by atoms with van der Waals surface area (Å²) in [6, 6.07) is 3.42. The molecule has 0 aliphatic heterocycles. The Hall–Kier alpha value is -2.09. The van der Waals surface area contributed by atoms with Crippen molar-refractivity contribution >= 4 is 34.0 Å². The van der Waals surface area contributed by atoms with Crippen LogP contribution < -0.4 is 20.2 Å². The van der Waals surface area contributed by atoms with Crippen molar-refractivity contribution in [3.05, 3.63) is 22.2 Å². The molecular formula is C17H24BrN3O4. The van der Waals surface area contributed by atoms with Gasteiger partial charge in [0.2, 0.25) is 0 Å². The molecule has 0 saturated heterocycles. The molecule has 0 aliphatic carbocycles. The van der Waals surface area contributed by atoms with E-state index in [2.05, 4.69) is 31.8 Å². The third-order valence-corrected chi connectivity index (χ3v) is 3.51. The predicted octanol–water partition coefficient (Wildman–Crippen LogP) is 2.61. The molecule has 1 aromatic carbocycles. The number of halogens is 1. The van der Waals surface area contributed by atoms with Crippen molar-refractivity contribution in [3.63, 3.8) is 0 Å². The summed E-state index contributed by atoms with van der Waals surface area (Å²) in [5.74, 6) is -0.337. The molecule has 0 heterocycles. The lowest BCUT2D eigenvalue weighted by Crippen LogP contribution is -2.41. The van der Waals surface area contributed by atoms with Crippen LogP contribution in [0.5, 0.6) is 11.5 Å². The molecule has 2 N–H and O–H groups in total. The summed E-state index contributed by atoms with van der Waals surface area (Å²) in [7, 11) is 0. The van der Waals surface area contributed by atoms with Crippen LogP contribution in [0, 0.1) is 0 Å². The number of ether oxygens (including phenoxy) is 2. The zero-order valence-corrected chi connectivity index (χ0v) is 16.5. The van der Waals surface area contributed by atoms with E-state index in [1.54, 1.807) is 26.0 Å². The fourth-order valence-corrected chi connectivity index (χ4v) is 2.21. The van der Waals surface area contributed by atoms with E-state index in [1.807, 2.05) is 13.8 Å². The number of nitrogens with zero attached hydrogens (tertiary/aromatic N) is 1. The van der Waals surface area contributed by atoms with Gasteiger partial charge >= 0.3 is 11.8 Å². The number of carbonyl (C=O) groups is 2. The van der Waals surface area contributed by atoms with Gasteiger partial charge in [0.05, 0.1) is 19.4 Å². The van der Waals surface area contributed by atoms with Crippen LogP contribution in [0.2, 0.25) is 0 Å². The highest BCUT2D eigenvalue weighted by Crippen LogP contribution is 2.33. The number of benzene rings is 1. The van der Waals surface area contributed by atoms with Crippen LogP contribution in [-0.4, -0.2) is 37.3 Å². The van der Waals surface area contributed by atoms with Gasteiger partial charge in [-0.05, 0) is 55.3 Å². The van der Waals surface area contributed by atoms with Crippen molar-refractivity contribution in [3.8, 4) is 11.5 Å². The Kier molecular flexibility index (Phi) is 8.98. The molecule has 1 rings (SSSR count). The second kappa shape index (κ2) is 10.7. The Labute approximate surface area is 156 Å². The summed E-state index contributed by atoms with van der Waals surface area (Å²) in [5, 5.41) is 6.30. The maximum absolute atomic E-state index is 11.6.